The van der Waals surface area contributed by atoms with Gasteiger partial charge in [0.1, 0.15) is 18.5 Å². The largest absolute Gasteiger partial charge is 0.490 e. The lowest BCUT2D eigenvalue weighted by Gasteiger charge is -2.33. The standard InChI is InChI=1S/C32H39N3O3/c1-33-18-20-35(21-19-33)32(37)13-12-27-7-4-5-9-31(27)38-24-30(36)23-34-16-14-26(15-17-34)29-11-10-25-6-2-3-8-28(25)22-29/h2-13,22,26,30,36H,14-21,23-24H2,1H3. The van der Waals surface area contributed by atoms with E-state index in [4.69, 9.17) is 4.74 Å². The Labute approximate surface area is 226 Å². The van der Waals surface area contributed by atoms with Crippen LogP contribution in [0.3, 0.4) is 0 Å². The number of aliphatic hydroxyl groups excluding tert-OH is 1. The molecule has 38 heavy (non-hydrogen) atoms. The lowest BCUT2D eigenvalue weighted by molar-refractivity contribution is -0.127. The first kappa shape index (κ1) is 26.4. The summed E-state index contributed by atoms with van der Waals surface area (Å²) in [7, 11) is 2.08. The summed E-state index contributed by atoms with van der Waals surface area (Å²) in [5.41, 5.74) is 2.27. The molecule has 2 fully saturated rings. The molecule has 5 rings (SSSR count). The van der Waals surface area contributed by atoms with Crippen LogP contribution in [0, 0.1) is 0 Å². The van der Waals surface area contributed by atoms with Crippen molar-refractivity contribution in [2.75, 3.05) is 59.5 Å². The second-order valence-electron chi connectivity index (χ2n) is 10.6. The van der Waals surface area contributed by atoms with Crippen molar-refractivity contribution < 1.29 is 14.6 Å². The maximum Gasteiger partial charge on any atom is 0.246 e. The zero-order chi connectivity index (χ0) is 26.3. The summed E-state index contributed by atoms with van der Waals surface area (Å²) in [6.45, 7) is 6.08. The molecule has 2 aliphatic heterocycles. The fourth-order valence-corrected chi connectivity index (χ4v) is 5.49. The second-order valence-corrected chi connectivity index (χ2v) is 10.6. The maximum absolute atomic E-state index is 12.6. The van der Waals surface area contributed by atoms with E-state index in [1.54, 1.807) is 6.08 Å². The Morgan fingerprint density at radius 2 is 1.66 bits per heavy atom. The summed E-state index contributed by atoms with van der Waals surface area (Å²) in [6, 6.07) is 23.0. The van der Waals surface area contributed by atoms with Gasteiger partial charge in [-0.25, -0.2) is 0 Å². The van der Waals surface area contributed by atoms with Crippen LogP contribution < -0.4 is 4.74 Å². The number of hydrogen-bond donors (Lipinski definition) is 1. The molecule has 2 saturated heterocycles. The lowest BCUT2D eigenvalue weighted by atomic mass is 9.88. The van der Waals surface area contributed by atoms with E-state index in [1.165, 1.54) is 16.3 Å². The molecule has 0 radical (unpaired) electrons. The number of aliphatic hydroxyl groups is 1. The van der Waals surface area contributed by atoms with E-state index in [0.717, 1.165) is 57.7 Å². The fourth-order valence-electron chi connectivity index (χ4n) is 5.49. The third-order valence-electron chi connectivity index (χ3n) is 7.87. The van der Waals surface area contributed by atoms with E-state index in [2.05, 4.69) is 59.3 Å². The van der Waals surface area contributed by atoms with Crippen molar-refractivity contribution in [1.82, 2.24) is 14.7 Å². The summed E-state index contributed by atoms with van der Waals surface area (Å²) in [6.07, 6.45) is 5.07. The highest BCUT2D eigenvalue weighted by Gasteiger charge is 2.23. The van der Waals surface area contributed by atoms with Gasteiger partial charge in [-0.2, -0.15) is 0 Å². The van der Waals surface area contributed by atoms with E-state index in [-0.39, 0.29) is 12.5 Å². The molecule has 2 heterocycles. The van der Waals surface area contributed by atoms with Gasteiger partial charge in [0.2, 0.25) is 5.91 Å². The van der Waals surface area contributed by atoms with Crippen LogP contribution in [0.2, 0.25) is 0 Å². The van der Waals surface area contributed by atoms with Crippen molar-refractivity contribution in [2.24, 2.45) is 0 Å². The number of nitrogens with zero attached hydrogens (tertiary/aromatic N) is 3. The van der Waals surface area contributed by atoms with Gasteiger partial charge in [-0.3, -0.25) is 4.79 Å². The fraction of sp³-hybridized carbons (Fsp3) is 0.406. The van der Waals surface area contributed by atoms with Crippen LogP contribution in [0.1, 0.15) is 29.9 Å². The Kier molecular flexibility index (Phi) is 8.74. The van der Waals surface area contributed by atoms with Gasteiger partial charge >= 0.3 is 0 Å². The predicted molar refractivity (Wildman–Crippen MR) is 153 cm³/mol. The molecule has 0 aromatic heterocycles. The number of piperidine rings is 1. The van der Waals surface area contributed by atoms with Crippen molar-refractivity contribution in [2.45, 2.75) is 24.9 Å². The molecule has 1 unspecified atom stereocenters. The number of fused-ring (bicyclic) bond motifs is 1. The normalized spacial score (nSPS) is 18.7. The number of benzene rings is 3. The zero-order valence-corrected chi connectivity index (χ0v) is 22.3. The molecule has 2 aliphatic rings. The van der Waals surface area contributed by atoms with Gasteiger partial charge in [0, 0.05) is 44.4 Å². The number of likely N-dealkylation sites (N-methyl/N-ethyl adjacent to an activating group) is 1. The first-order valence-corrected chi connectivity index (χ1v) is 13.8. The Morgan fingerprint density at radius 1 is 0.947 bits per heavy atom. The van der Waals surface area contributed by atoms with Gasteiger partial charge in [-0.1, -0.05) is 60.7 Å². The third kappa shape index (κ3) is 6.81. The number of para-hydroxylation sites is 1. The molecule has 1 N–H and O–H groups in total. The predicted octanol–water partition coefficient (Wildman–Crippen LogP) is 4.25. The SMILES string of the molecule is CN1CCN(C(=O)C=Cc2ccccc2OCC(O)CN2CCC(c3ccc4ccccc4c3)CC2)CC1. The van der Waals surface area contributed by atoms with Crippen molar-refractivity contribution in [1.29, 1.82) is 0 Å². The summed E-state index contributed by atoms with van der Waals surface area (Å²) < 4.78 is 6.00. The minimum Gasteiger partial charge on any atom is -0.490 e. The molecular formula is C32H39N3O3. The van der Waals surface area contributed by atoms with E-state index in [9.17, 15) is 9.90 Å². The third-order valence-corrected chi connectivity index (χ3v) is 7.87. The van der Waals surface area contributed by atoms with Crippen molar-refractivity contribution in [3.05, 3.63) is 83.9 Å². The summed E-state index contributed by atoms with van der Waals surface area (Å²) in [5, 5.41) is 13.3. The number of amides is 1. The highest BCUT2D eigenvalue weighted by atomic mass is 16.5. The van der Waals surface area contributed by atoms with Crippen LogP contribution in [0.4, 0.5) is 0 Å². The summed E-state index contributed by atoms with van der Waals surface area (Å²) >= 11 is 0. The van der Waals surface area contributed by atoms with Crippen molar-refractivity contribution >= 4 is 22.8 Å². The van der Waals surface area contributed by atoms with Crippen LogP contribution in [-0.4, -0.2) is 91.3 Å². The number of likely N-dealkylation sites (tertiary alicyclic amines) is 1. The number of β-amino-alcohol motifs (C(OH)–C–C–N with tert-alkyl or cyclic N) is 1. The van der Waals surface area contributed by atoms with Gasteiger partial charge in [-0.15, -0.1) is 0 Å². The summed E-state index contributed by atoms with van der Waals surface area (Å²) in [5.74, 6) is 1.28. The molecule has 6 heteroatoms. The minimum atomic E-state index is -0.573. The van der Waals surface area contributed by atoms with Crippen molar-refractivity contribution in [3.8, 4) is 5.75 Å². The Morgan fingerprint density at radius 3 is 2.45 bits per heavy atom. The van der Waals surface area contributed by atoms with Gasteiger partial charge in [0.05, 0.1) is 0 Å². The summed E-state index contributed by atoms with van der Waals surface area (Å²) in [4.78, 5) is 19.0. The van der Waals surface area contributed by atoms with Crippen LogP contribution in [0.25, 0.3) is 16.8 Å². The Balaban J connectivity index is 1.09. The lowest BCUT2D eigenvalue weighted by Crippen LogP contribution is -2.46. The quantitative estimate of drug-likeness (QED) is 0.457. The van der Waals surface area contributed by atoms with Gasteiger partial charge in [-0.05, 0) is 67.4 Å². The van der Waals surface area contributed by atoms with Gasteiger partial charge < -0.3 is 24.5 Å². The molecule has 1 amide bonds. The first-order valence-electron chi connectivity index (χ1n) is 13.8. The Bertz CT molecular complexity index is 1240. The maximum atomic E-state index is 12.6. The van der Waals surface area contributed by atoms with E-state index < -0.39 is 6.10 Å². The number of rotatable bonds is 8. The highest BCUT2D eigenvalue weighted by Crippen LogP contribution is 2.30. The number of ether oxygens (including phenoxy) is 1. The molecule has 0 spiro atoms. The van der Waals surface area contributed by atoms with Crippen LogP contribution in [0.15, 0.2) is 72.8 Å². The molecule has 3 aromatic carbocycles. The smallest absolute Gasteiger partial charge is 0.246 e. The Hall–Kier alpha value is -3.19. The number of hydrogen-bond acceptors (Lipinski definition) is 5. The van der Waals surface area contributed by atoms with Crippen LogP contribution >= 0.6 is 0 Å². The van der Waals surface area contributed by atoms with E-state index in [1.807, 2.05) is 35.2 Å². The average Bonchev–Trinajstić information content (AvgIpc) is 2.96. The average molecular weight is 514 g/mol. The molecule has 6 nitrogen and oxygen atoms in total. The van der Waals surface area contributed by atoms with Gasteiger partial charge in [0.25, 0.3) is 0 Å². The number of carbonyl (C=O) groups is 1. The minimum absolute atomic E-state index is 0.0278. The van der Waals surface area contributed by atoms with Crippen molar-refractivity contribution in [3.63, 3.8) is 0 Å². The zero-order valence-electron chi connectivity index (χ0n) is 22.3. The molecule has 200 valence electrons. The topological polar surface area (TPSA) is 56.3 Å². The van der Waals surface area contributed by atoms with E-state index in [0.29, 0.717) is 18.2 Å². The molecule has 1 atom stereocenters. The molecular weight excluding hydrogens is 474 g/mol. The van der Waals surface area contributed by atoms with Crippen LogP contribution in [0.5, 0.6) is 5.75 Å². The highest BCUT2D eigenvalue weighted by molar-refractivity contribution is 5.92. The second kappa shape index (κ2) is 12.6. The monoisotopic (exact) mass is 513 g/mol. The van der Waals surface area contributed by atoms with E-state index >= 15 is 0 Å². The molecule has 3 aromatic rings. The molecule has 0 aliphatic carbocycles. The molecule has 0 saturated carbocycles. The van der Waals surface area contributed by atoms with Crippen LogP contribution in [-0.2, 0) is 4.79 Å². The first-order chi connectivity index (χ1) is 18.5. The number of piperazine rings is 1. The van der Waals surface area contributed by atoms with Gasteiger partial charge in [0.15, 0.2) is 0 Å². The number of carbonyl (C=O) groups excluding carboxylic acids is 1. The molecule has 0 bridgehead atoms.